The Balaban J connectivity index is 0.000000141. The SMILES string of the molecule is Cn1cnc2cc(NN)ncc21.Cn1cnc2cnc(NN)cc21. The number of hydrogen-bond acceptors (Lipinski definition) is 8. The predicted octanol–water partition coefficient (Wildman–Crippen LogP) is 0.508. The number of rotatable bonds is 2. The molecule has 0 aliphatic heterocycles. The molecule has 0 saturated heterocycles. The van der Waals surface area contributed by atoms with E-state index < -0.39 is 0 Å². The van der Waals surface area contributed by atoms with Crippen molar-refractivity contribution in [3.8, 4) is 0 Å². The molecular weight excluding hydrogens is 308 g/mol. The normalized spacial score (nSPS) is 10.5. The van der Waals surface area contributed by atoms with E-state index in [1.54, 1.807) is 31.1 Å². The van der Waals surface area contributed by atoms with Crippen LogP contribution in [0.1, 0.15) is 0 Å². The van der Waals surface area contributed by atoms with Crippen LogP contribution in [0.4, 0.5) is 11.6 Å². The molecule has 10 heteroatoms. The molecule has 4 heterocycles. The van der Waals surface area contributed by atoms with Crippen molar-refractivity contribution >= 4 is 33.7 Å². The van der Waals surface area contributed by atoms with E-state index in [-0.39, 0.29) is 0 Å². The summed E-state index contributed by atoms with van der Waals surface area (Å²) in [5, 5.41) is 0. The molecule has 124 valence electrons. The Kier molecular flexibility index (Phi) is 4.22. The van der Waals surface area contributed by atoms with E-state index in [2.05, 4.69) is 30.8 Å². The van der Waals surface area contributed by atoms with E-state index in [1.807, 2.05) is 29.3 Å². The highest BCUT2D eigenvalue weighted by atomic mass is 15.3. The molecule has 0 aliphatic rings. The van der Waals surface area contributed by atoms with E-state index in [0.29, 0.717) is 11.6 Å². The fourth-order valence-electron chi connectivity index (χ4n) is 2.21. The molecule has 4 aromatic rings. The number of anilines is 2. The van der Waals surface area contributed by atoms with Crippen LogP contribution in [0.15, 0.2) is 37.2 Å². The Bertz CT molecular complexity index is 970. The van der Waals surface area contributed by atoms with Gasteiger partial charge in [0.05, 0.1) is 41.6 Å². The second-order valence-corrected chi connectivity index (χ2v) is 5.12. The van der Waals surface area contributed by atoms with Crippen molar-refractivity contribution in [1.82, 2.24) is 29.1 Å². The Labute approximate surface area is 137 Å². The summed E-state index contributed by atoms with van der Waals surface area (Å²) < 4.78 is 3.82. The lowest BCUT2D eigenvalue weighted by Gasteiger charge is -1.98. The van der Waals surface area contributed by atoms with Crippen LogP contribution in [0.5, 0.6) is 0 Å². The molecule has 4 rings (SSSR count). The van der Waals surface area contributed by atoms with Crippen LogP contribution in [0, 0.1) is 0 Å². The van der Waals surface area contributed by atoms with Gasteiger partial charge in [0.1, 0.15) is 17.2 Å². The zero-order chi connectivity index (χ0) is 17.1. The third kappa shape index (κ3) is 2.95. The van der Waals surface area contributed by atoms with Gasteiger partial charge in [0.15, 0.2) is 0 Å². The molecule has 0 unspecified atom stereocenters. The number of pyridine rings is 2. The number of nitrogens with two attached hydrogens (primary N) is 2. The lowest BCUT2D eigenvalue weighted by atomic mass is 10.4. The summed E-state index contributed by atoms with van der Waals surface area (Å²) in [6, 6.07) is 3.65. The first kappa shape index (κ1) is 15.6. The maximum Gasteiger partial charge on any atom is 0.142 e. The fraction of sp³-hybridized carbons (Fsp3) is 0.143. The maximum absolute atomic E-state index is 5.22. The third-order valence-corrected chi connectivity index (χ3v) is 3.52. The summed E-state index contributed by atoms with van der Waals surface area (Å²) >= 11 is 0. The Hall–Kier alpha value is -3.24. The largest absolute Gasteiger partial charge is 0.334 e. The molecule has 0 bridgehead atoms. The second-order valence-electron chi connectivity index (χ2n) is 5.12. The smallest absolute Gasteiger partial charge is 0.142 e. The molecule has 0 atom stereocenters. The molecule has 0 aliphatic carbocycles. The molecule has 0 fully saturated rings. The number of fused-ring (bicyclic) bond motifs is 2. The van der Waals surface area contributed by atoms with E-state index in [1.165, 1.54) is 0 Å². The Morgan fingerprint density at radius 1 is 0.750 bits per heavy atom. The highest BCUT2D eigenvalue weighted by Crippen LogP contribution is 2.13. The maximum atomic E-state index is 5.22. The van der Waals surface area contributed by atoms with Crippen LogP contribution in [-0.4, -0.2) is 29.1 Å². The number of nitrogens with zero attached hydrogens (tertiary/aromatic N) is 6. The molecular formula is C14H18N10. The summed E-state index contributed by atoms with van der Waals surface area (Å²) in [6.07, 6.45) is 6.90. The van der Waals surface area contributed by atoms with Gasteiger partial charge in [0.25, 0.3) is 0 Å². The standard InChI is InChI=1S/2C7H9N5/c1-12-4-10-5-3-9-7(11-8)2-6(5)12;1-12-4-10-5-2-7(11-8)9-3-6(5)12/h2*2-4H,8H2,1H3,(H,9,11). The number of hydrogen-bond donors (Lipinski definition) is 4. The first-order valence-corrected chi connectivity index (χ1v) is 7.09. The van der Waals surface area contributed by atoms with E-state index >= 15 is 0 Å². The van der Waals surface area contributed by atoms with Crippen LogP contribution >= 0.6 is 0 Å². The molecule has 4 aromatic heterocycles. The molecule has 0 saturated carbocycles. The lowest BCUT2D eigenvalue weighted by molar-refractivity contribution is 0.945. The average Bonchev–Trinajstić information content (AvgIpc) is 3.18. The zero-order valence-electron chi connectivity index (χ0n) is 13.3. The van der Waals surface area contributed by atoms with Gasteiger partial charge < -0.3 is 20.0 Å². The molecule has 0 spiro atoms. The minimum Gasteiger partial charge on any atom is -0.334 e. The first-order valence-electron chi connectivity index (χ1n) is 7.09. The van der Waals surface area contributed by atoms with Crippen molar-refractivity contribution in [2.24, 2.45) is 25.8 Å². The van der Waals surface area contributed by atoms with E-state index in [4.69, 9.17) is 11.7 Å². The second kappa shape index (κ2) is 6.48. The van der Waals surface area contributed by atoms with Crippen molar-refractivity contribution in [3.63, 3.8) is 0 Å². The van der Waals surface area contributed by atoms with Gasteiger partial charge in [-0.05, 0) is 0 Å². The lowest BCUT2D eigenvalue weighted by Crippen LogP contribution is -2.08. The fourth-order valence-corrected chi connectivity index (χ4v) is 2.21. The molecule has 0 amide bonds. The number of nitrogen functional groups attached to an aromatic ring is 2. The average molecular weight is 326 g/mol. The van der Waals surface area contributed by atoms with Crippen molar-refractivity contribution in [3.05, 3.63) is 37.2 Å². The number of imidazole rings is 2. The van der Waals surface area contributed by atoms with Crippen LogP contribution < -0.4 is 22.5 Å². The quantitative estimate of drug-likeness (QED) is 0.309. The van der Waals surface area contributed by atoms with E-state index in [9.17, 15) is 0 Å². The van der Waals surface area contributed by atoms with Crippen molar-refractivity contribution in [2.75, 3.05) is 10.9 Å². The van der Waals surface area contributed by atoms with Gasteiger partial charge >= 0.3 is 0 Å². The Morgan fingerprint density at radius 3 is 2.04 bits per heavy atom. The van der Waals surface area contributed by atoms with Crippen molar-refractivity contribution in [1.29, 1.82) is 0 Å². The summed E-state index contributed by atoms with van der Waals surface area (Å²) in [5.74, 6) is 11.7. The minimum atomic E-state index is 0.626. The number of aromatic nitrogens is 6. The summed E-state index contributed by atoms with van der Waals surface area (Å²) in [7, 11) is 3.85. The van der Waals surface area contributed by atoms with Crippen LogP contribution in [-0.2, 0) is 14.1 Å². The Morgan fingerprint density at radius 2 is 1.33 bits per heavy atom. The zero-order valence-corrected chi connectivity index (χ0v) is 13.3. The van der Waals surface area contributed by atoms with Crippen LogP contribution in [0.3, 0.4) is 0 Å². The first-order chi connectivity index (χ1) is 11.6. The van der Waals surface area contributed by atoms with Crippen molar-refractivity contribution in [2.45, 2.75) is 0 Å². The van der Waals surface area contributed by atoms with Gasteiger partial charge in [-0.3, -0.25) is 0 Å². The molecule has 0 radical (unpaired) electrons. The third-order valence-electron chi connectivity index (χ3n) is 3.52. The number of aryl methyl sites for hydroxylation is 2. The van der Waals surface area contributed by atoms with Gasteiger partial charge in [-0.1, -0.05) is 0 Å². The monoisotopic (exact) mass is 326 g/mol. The summed E-state index contributed by atoms with van der Waals surface area (Å²) in [6.45, 7) is 0. The molecule has 24 heavy (non-hydrogen) atoms. The van der Waals surface area contributed by atoms with E-state index in [0.717, 1.165) is 22.1 Å². The molecule has 10 nitrogen and oxygen atoms in total. The number of hydrazine groups is 2. The van der Waals surface area contributed by atoms with Gasteiger partial charge in [0.2, 0.25) is 0 Å². The molecule has 6 N–H and O–H groups in total. The van der Waals surface area contributed by atoms with Gasteiger partial charge in [-0.2, -0.15) is 0 Å². The highest BCUT2D eigenvalue weighted by molar-refractivity contribution is 5.77. The predicted molar refractivity (Wildman–Crippen MR) is 92.6 cm³/mol. The minimum absolute atomic E-state index is 0.626. The summed E-state index contributed by atoms with van der Waals surface area (Å²) in [5.41, 5.74) is 8.72. The van der Waals surface area contributed by atoms with Gasteiger partial charge in [0, 0.05) is 26.2 Å². The van der Waals surface area contributed by atoms with Gasteiger partial charge in [-0.25, -0.2) is 31.6 Å². The van der Waals surface area contributed by atoms with Crippen LogP contribution in [0.25, 0.3) is 22.1 Å². The highest BCUT2D eigenvalue weighted by Gasteiger charge is 2.01. The summed E-state index contributed by atoms with van der Waals surface area (Å²) in [4.78, 5) is 16.4. The molecule has 0 aromatic carbocycles. The number of nitrogens with one attached hydrogen (secondary N) is 2. The van der Waals surface area contributed by atoms with Gasteiger partial charge in [-0.15, -0.1) is 0 Å². The topological polar surface area (TPSA) is 138 Å². The van der Waals surface area contributed by atoms with Crippen molar-refractivity contribution < 1.29 is 0 Å². The van der Waals surface area contributed by atoms with Crippen LogP contribution in [0.2, 0.25) is 0 Å².